The van der Waals surface area contributed by atoms with E-state index in [0.717, 1.165) is 0 Å². The lowest BCUT2D eigenvalue weighted by Crippen LogP contribution is -2.17. The first kappa shape index (κ1) is 14.0. The Morgan fingerprint density at radius 1 is 1.25 bits per heavy atom. The Morgan fingerprint density at radius 3 is 2.60 bits per heavy atom. The number of anilines is 1. The van der Waals surface area contributed by atoms with Crippen molar-refractivity contribution in [2.24, 2.45) is 0 Å². The van der Waals surface area contributed by atoms with Gasteiger partial charge in [-0.05, 0) is 12.5 Å². The summed E-state index contributed by atoms with van der Waals surface area (Å²) in [5.41, 5.74) is -0.306. The molecule has 1 aromatic heterocycles. The van der Waals surface area contributed by atoms with E-state index in [4.69, 9.17) is 0 Å². The highest BCUT2D eigenvalue weighted by Gasteiger charge is 2.23. The highest BCUT2D eigenvalue weighted by atomic mass is 19.2. The molecule has 0 saturated carbocycles. The minimum Gasteiger partial charge on any atom is -0.307 e. The van der Waals surface area contributed by atoms with Crippen molar-refractivity contribution >= 4 is 11.7 Å². The van der Waals surface area contributed by atoms with Crippen LogP contribution in [-0.4, -0.2) is 16.1 Å². The Balaban J connectivity index is 2.35. The van der Waals surface area contributed by atoms with Gasteiger partial charge in [0.25, 0.3) is 5.91 Å². The molecule has 0 spiro atoms. The van der Waals surface area contributed by atoms with Crippen LogP contribution in [0.15, 0.2) is 12.3 Å². The van der Waals surface area contributed by atoms with E-state index in [2.05, 4.69) is 15.5 Å². The van der Waals surface area contributed by atoms with Gasteiger partial charge < -0.3 is 5.32 Å². The van der Waals surface area contributed by atoms with Crippen molar-refractivity contribution in [3.63, 3.8) is 0 Å². The Labute approximate surface area is 110 Å². The fourth-order valence-electron chi connectivity index (χ4n) is 1.61. The average Bonchev–Trinajstić information content (AvgIpc) is 2.87. The topological polar surface area (TPSA) is 57.8 Å². The zero-order valence-corrected chi connectivity index (χ0v) is 10.2. The molecule has 0 unspecified atom stereocenters. The smallest absolute Gasteiger partial charge is 0.260 e. The van der Waals surface area contributed by atoms with Gasteiger partial charge in [0.15, 0.2) is 23.3 Å². The third kappa shape index (κ3) is 2.36. The zero-order valence-electron chi connectivity index (χ0n) is 10.2. The molecule has 2 N–H and O–H groups in total. The van der Waals surface area contributed by atoms with E-state index in [9.17, 15) is 22.4 Å². The number of benzene rings is 1. The van der Waals surface area contributed by atoms with Gasteiger partial charge in [0.05, 0.1) is 11.8 Å². The largest absolute Gasteiger partial charge is 0.307 e. The van der Waals surface area contributed by atoms with Crippen molar-refractivity contribution in [2.45, 2.75) is 13.3 Å². The number of carbonyl (C=O) groups excluding carboxylic acids is 1. The first-order chi connectivity index (χ1) is 9.45. The number of hydrogen-bond acceptors (Lipinski definition) is 2. The molecule has 0 saturated heterocycles. The van der Waals surface area contributed by atoms with Crippen LogP contribution >= 0.6 is 0 Å². The normalized spacial score (nSPS) is 10.7. The number of aromatic amines is 1. The van der Waals surface area contributed by atoms with Crippen molar-refractivity contribution < 1.29 is 22.4 Å². The van der Waals surface area contributed by atoms with Gasteiger partial charge in [-0.25, -0.2) is 17.6 Å². The Bertz CT molecular complexity index is 669. The predicted molar refractivity (Wildman–Crippen MR) is 62.2 cm³/mol. The highest BCUT2D eigenvalue weighted by Crippen LogP contribution is 2.20. The van der Waals surface area contributed by atoms with Crippen LogP contribution in [0.1, 0.15) is 22.8 Å². The van der Waals surface area contributed by atoms with Gasteiger partial charge in [-0.1, -0.05) is 6.92 Å². The molecule has 0 fully saturated rings. The third-order valence-electron chi connectivity index (χ3n) is 2.68. The summed E-state index contributed by atoms with van der Waals surface area (Å²) in [5.74, 6) is -8.32. The van der Waals surface area contributed by atoms with Crippen molar-refractivity contribution in [2.75, 3.05) is 5.32 Å². The van der Waals surface area contributed by atoms with Crippen LogP contribution in [0.25, 0.3) is 0 Å². The predicted octanol–water partition coefficient (Wildman–Crippen LogP) is 2.78. The van der Waals surface area contributed by atoms with E-state index in [-0.39, 0.29) is 5.82 Å². The van der Waals surface area contributed by atoms with Crippen molar-refractivity contribution in [3.05, 3.63) is 46.7 Å². The molecule has 8 heteroatoms. The van der Waals surface area contributed by atoms with Crippen LogP contribution < -0.4 is 5.32 Å². The van der Waals surface area contributed by atoms with Gasteiger partial charge in [-0.2, -0.15) is 5.10 Å². The Hall–Kier alpha value is -2.38. The van der Waals surface area contributed by atoms with E-state index in [1.165, 1.54) is 6.20 Å². The van der Waals surface area contributed by atoms with E-state index < -0.39 is 34.7 Å². The van der Waals surface area contributed by atoms with Crippen LogP contribution in [0.4, 0.5) is 23.4 Å². The second kappa shape index (κ2) is 5.32. The van der Waals surface area contributed by atoms with E-state index in [1.807, 2.05) is 0 Å². The number of H-pyrrole nitrogens is 1. The standard InChI is InChI=1S/C12H9F4N3O/c1-2-5-4-17-19-11(5)18-12(20)6-3-7(13)9(15)10(16)8(6)14/h3-4H,2H2,1H3,(H2,17,18,19,20). The van der Waals surface area contributed by atoms with E-state index in [1.54, 1.807) is 6.92 Å². The maximum absolute atomic E-state index is 13.4. The number of halogens is 4. The molecule has 20 heavy (non-hydrogen) atoms. The summed E-state index contributed by atoms with van der Waals surface area (Å²) in [6.07, 6.45) is 1.97. The molecule has 4 nitrogen and oxygen atoms in total. The first-order valence-corrected chi connectivity index (χ1v) is 5.62. The molecule has 2 rings (SSSR count). The fourth-order valence-corrected chi connectivity index (χ4v) is 1.61. The molecular weight excluding hydrogens is 278 g/mol. The van der Waals surface area contributed by atoms with Crippen molar-refractivity contribution in [3.8, 4) is 0 Å². The van der Waals surface area contributed by atoms with Gasteiger partial charge in [0.2, 0.25) is 0 Å². The van der Waals surface area contributed by atoms with Crippen LogP contribution in [-0.2, 0) is 6.42 Å². The molecule has 0 aliphatic heterocycles. The monoisotopic (exact) mass is 287 g/mol. The lowest BCUT2D eigenvalue weighted by atomic mass is 10.1. The number of amides is 1. The third-order valence-corrected chi connectivity index (χ3v) is 2.68. The zero-order chi connectivity index (χ0) is 14.9. The van der Waals surface area contributed by atoms with E-state index in [0.29, 0.717) is 18.1 Å². The summed E-state index contributed by atoms with van der Waals surface area (Å²) in [4.78, 5) is 11.8. The maximum atomic E-state index is 13.4. The van der Waals surface area contributed by atoms with Crippen molar-refractivity contribution in [1.82, 2.24) is 10.2 Å². The summed E-state index contributed by atoms with van der Waals surface area (Å²) in [6.45, 7) is 1.79. The van der Waals surface area contributed by atoms with Gasteiger partial charge in [0, 0.05) is 5.56 Å². The van der Waals surface area contributed by atoms with Gasteiger partial charge in [-0.3, -0.25) is 9.89 Å². The van der Waals surface area contributed by atoms with Crippen LogP contribution in [0.5, 0.6) is 0 Å². The molecule has 0 bridgehead atoms. The minimum absolute atomic E-state index is 0.182. The second-order valence-corrected chi connectivity index (χ2v) is 3.93. The van der Waals surface area contributed by atoms with Gasteiger partial charge in [0.1, 0.15) is 5.82 Å². The molecule has 106 valence electrons. The first-order valence-electron chi connectivity index (χ1n) is 5.62. The Morgan fingerprint density at radius 2 is 1.95 bits per heavy atom. The summed E-state index contributed by atoms with van der Waals surface area (Å²) < 4.78 is 52.3. The lowest BCUT2D eigenvalue weighted by molar-refractivity contribution is 0.102. The second-order valence-electron chi connectivity index (χ2n) is 3.93. The number of nitrogens with zero attached hydrogens (tertiary/aromatic N) is 1. The summed E-state index contributed by atoms with van der Waals surface area (Å²) >= 11 is 0. The number of aromatic nitrogens is 2. The molecule has 0 aliphatic carbocycles. The molecule has 1 heterocycles. The molecule has 2 aromatic rings. The van der Waals surface area contributed by atoms with Crippen molar-refractivity contribution in [1.29, 1.82) is 0 Å². The highest BCUT2D eigenvalue weighted by molar-refractivity contribution is 6.04. The summed E-state index contributed by atoms with van der Waals surface area (Å²) in [6, 6.07) is 0.297. The number of carbonyl (C=O) groups is 1. The van der Waals surface area contributed by atoms with Crippen LogP contribution in [0, 0.1) is 23.3 Å². The molecule has 0 radical (unpaired) electrons. The van der Waals surface area contributed by atoms with Gasteiger partial charge in [-0.15, -0.1) is 0 Å². The molecule has 1 amide bonds. The summed E-state index contributed by atoms with van der Waals surface area (Å²) in [7, 11) is 0. The molecule has 1 aromatic carbocycles. The molecule has 0 atom stereocenters. The number of aryl methyl sites for hydroxylation is 1. The lowest BCUT2D eigenvalue weighted by Gasteiger charge is -2.07. The minimum atomic E-state index is -2.03. The Kier molecular flexibility index (Phi) is 3.73. The molecular formula is C12H9F4N3O. The van der Waals surface area contributed by atoms with E-state index >= 15 is 0 Å². The molecule has 0 aliphatic rings. The number of hydrogen-bond donors (Lipinski definition) is 2. The number of nitrogens with one attached hydrogen (secondary N) is 2. The quantitative estimate of drug-likeness (QED) is 0.518. The van der Waals surface area contributed by atoms with Crippen LogP contribution in [0.3, 0.4) is 0 Å². The SMILES string of the molecule is CCc1cn[nH]c1NC(=O)c1cc(F)c(F)c(F)c1F. The average molecular weight is 287 g/mol. The maximum Gasteiger partial charge on any atom is 0.260 e. The summed E-state index contributed by atoms with van der Waals surface area (Å²) in [5, 5.41) is 8.34. The number of rotatable bonds is 3. The fraction of sp³-hybridized carbons (Fsp3) is 0.167. The van der Waals surface area contributed by atoms with Gasteiger partial charge >= 0.3 is 0 Å². The van der Waals surface area contributed by atoms with Crippen LogP contribution in [0.2, 0.25) is 0 Å².